The monoisotopic (exact) mass is 566 g/mol. The van der Waals surface area contributed by atoms with E-state index in [0.717, 1.165) is 12.0 Å². The van der Waals surface area contributed by atoms with Crippen LogP contribution in [-0.2, 0) is 15.1 Å². The molecule has 2 aromatic heterocycles. The minimum Gasteiger partial charge on any atom is -0.398 e. The first-order valence-electron chi connectivity index (χ1n) is 13.4. The summed E-state index contributed by atoms with van der Waals surface area (Å²) in [5.74, 6) is -0.976. The maximum absolute atomic E-state index is 14.1. The summed E-state index contributed by atoms with van der Waals surface area (Å²) in [7, 11) is 0. The predicted molar refractivity (Wildman–Crippen MR) is 160 cm³/mol. The van der Waals surface area contributed by atoms with Crippen molar-refractivity contribution < 1.29 is 14.4 Å². The number of pyridine rings is 1. The SMILES string of the molecule is C=CC(=O)N[C@H]1CC[C@@H](NC(=O)c2sc3c(N)ccc4c3c2C(N)C(=O)C4(N)c2ccnc(-c3ccccc3)c2)C1. The average molecular weight is 567 g/mol. The molecule has 2 aliphatic carbocycles. The fourth-order valence-corrected chi connectivity index (χ4v) is 7.25. The van der Waals surface area contributed by atoms with Gasteiger partial charge in [0.15, 0.2) is 5.78 Å². The van der Waals surface area contributed by atoms with Crippen LogP contribution in [0.25, 0.3) is 21.3 Å². The second-order valence-electron chi connectivity index (χ2n) is 10.6. The van der Waals surface area contributed by atoms with Crippen LogP contribution >= 0.6 is 11.3 Å². The number of Topliss-reactive ketones (excluding diaryl/α,β-unsaturated/α-hetero) is 1. The highest BCUT2D eigenvalue weighted by molar-refractivity contribution is 7.21. The van der Waals surface area contributed by atoms with Crippen molar-refractivity contribution in [1.29, 1.82) is 0 Å². The van der Waals surface area contributed by atoms with E-state index in [9.17, 15) is 14.4 Å². The Kier molecular flexibility index (Phi) is 6.69. The highest BCUT2D eigenvalue weighted by atomic mass is 32.1. The van der Waals surface area contributed by atoms with Crippen LogP contribution in [0.2, 0.25) is 0 Å². The summed E-state index contributed by atoms with van der Waals surface area (Å²) in [6.45, 7) is 3.49. The molecule has 2 aromatic carbocycles. The number of hydrogen-bond acceptors (Lipinski definition) is 8. The smallest absolute Gasteiger partial charge is 0.261 e. The Bertz CT molecular complexity index is 1720. The van der Waals surface area contributed by atoms with Crippen LogP contribution in [0.1, 0.15) is 51.7 Å². The van der Waals surface area contributed by atoms with Gasteiger partial charge in [-0.1, -0.05) is 43.0 Å². The molecule has 2 aliphatic rings. The number of nitrogens with zero attached hydrogens (tertiary/aromatic N) is 1. The largest absolute Gasteiger partial charge is 0.398 e. The van der Waals surface area contributed by atoms with Gasteiger partial charge in [0.1, 0.15) is 5.54 Å². The molecule has 10 heteroatoms. The van der Waals surface area contributed by atoms with Crippen LogP contribution in [-0.4, -0.2) is 34.7 Å². The molecule has 208 valence electrons. The maximum atomic E-state index is 14.1. The molecular weight excluding hydrogens is 536 g/mol. The van der Waals surface area contributed by atoms with E-state index in [1.165, 1.54) is 17.4 Å². The third kappa shape index (κ3) is 4.40. The first kappa shape index (κ1) is 26.8. The van der Waals surface area contributed by atoms with Gasteiger partial charge in [0, 0.05) is 40.5 Å². The molecule has 0 aliphatic heterocycles. The highest BCUT2D eigenvalue weighted by Gasteiger charge is 2.49. The van der Waals surface area contributed by atoms with Gasteiger partial charge in [-0.2, -0.15) is 0 Å². The third-order valence-corrected chi connectivity index (χ3v) is 9.36. The Hall–Kier alpha value is -4.38. The number of amides is 2. The van der Waals surface area contributed by atoms with E-state index in [1.807, 2.05) is 36.4 Å². The molecule has 6 rings (SSSR count). The van der Waals surface area contributed by atoms with Crippen molar-refractivity contribution in [3.8, 4) is 11.3 Å². The molecule has 0 bridgehead atoms. The minimum atomic E-state index is -1.57. The molecule has 1 fully saturated rings. The summed E-state index contributed by atoms with van der Waals surface area (Å²) in [5.41, 5.74) is 22.1. The molecule has 9 nitrogen and oxygen atoms in total. The van der Waals surface area contributed by atoms with Gasteiger partial charge in [0.05, 0.1) is 21.3 Å². The lowest BCUT2D eigenvalue weighted by atomic mass is 9.70. The van der Waals surface area contributed by atoms with Gasteiger partial charge < -0.3 is 27.8 Å². The molecule has 0 spiro atoms. The molecular formula is C31H30N6O3S. The Labute approximate surface area is 240 Å². The zero-order chi connectivity index (χ0) is 28.9. The number of benzene rings is 2. The molecule has 41 heavy (non-hydrogen) atoms. The number of aromatic nitrogens is 1. The van der Waals surface area contributed by atoms with Gasteiger partial charge in [-0.15, -0.1) is 11.3 Å². The van der Waals surface area contributed by atoms with Gasteiger partial charge >= 0.3 is 0 Å². The fourth-order valence-electron chi connectivity index (χ4n) is 6.04. The summed E-state index contributed by atoms with van der Waals surface area (Å²) in [6.07, 6.45) is 4.92. The zero-order valence-corrected chi connectivity index (χ0v) is 23.0. The Morgan fingerprint density at radius 3 is 2.54 bits per heavy atom. The number of ketones is 1. The van der Waals surface area contributed by atoms with Crippen LogP contribution in [0, 0.1) is 0 Å². The van der Waals surface area contributed by atoms with Gasteiger partial charge in [-0.3, -0.25) is 19.4 Å². The lowest BCUT2D eigenvalue weighted by Gasteiger charge is -2.36. The van der Waals surface area contributed by atoms with Crippen LogP contribution < -0.4 is 27.8 Å². The summed E-state index contributed by atoms with van der Waals surface area (Å²) in [5, 5.41) is 6.61. The molecule has 4 aromatic rings. The highest BCUT2D eigenvalue weighted by Crippen LogP contribution is 2.49. The number of carbonyl (C=O) groups is 3. The molecule has 0 saturated heterocycles. The van der Waals surface area contributed by atoms with Crippen molar-refractivity contribution in [2.75, 3.05) is 5.73 Å². The number of hydrogen-bond donors (Lipinski definition) is 5. The standard InChI is InChI=1S/C31H30N6O3S/c1-2-23(38)36-18-8-9-19(15-18)37-30(40)28-25-24-20(10-11-21(32)27(24)41-28)31(34,29(39)26(25)33)17-12-13-35-22(14-17)16-6-4-3-5-7-16/h2-7,10-14,18-19,26H,1,8-9,15,32-34H2,(H,36,38)(H,37,40)/t18-,19+,26?,31?/m0/s1. The Morgan fingerprint density at radius 2 is 1.80 bits per heavy atom. The zero-order valence-electron chi connectivity index (χ0n) is 22.2. The average Bonchev–Trinajstić information content (AvgIpc) is 3.61. The normalized spacial score (nSPS) is 23.4. The van der Waals surface area contributed by atoms with Gasteiger partial charge in [-0.05, 0) is 54.7 Å². The first-order valence-corrected chi connectivity index (χ1v) is 14.2. The fraction of sp³-hybridized carbons (Fsp3) is 0.226. The van der Waals surface area contributed by atoms with E-state index in [4.69, 9.17) is 17.2 Å². The van der Waals surface area contributed by atoms with E-state index in [2.05, 4.69) is 22.2 Å². The van der Waals surface area contributed by atoms with Crippen LogP contribution in [0.4, 0.5) is 5.69 Å². The predicted octanol–water partition coefficient (Wildman–Crippen LogP) is 3.28. The quantitative estimate of drug-likeness (QED) is 0.176. The molecule has 0 radical (unpaired) electrons. The van der Waals surface area contributed by atoms with Crippen molar-refractivity contribution in [1.82, 2.24) is 15.6 Å². The second kappa shape index (κ2) is 10.2. The van der Waals surface area contributed by atoms with Crippen LogP contribution in [0.3, 0.4) is 0 Å². The summed E-state index contributed by atoms with van der Waals surface area (Å²) < 4.78 is 0.667. The lowest BCUT2D eigenvalue weighted by Crippen LogP contribution is -2.52. The number of rotatable bonds is 6. The Balaban J connectivity index is 1.40. The molecule has 2 amide bonds. The summed E-state index contributed by atoms with van der Waals surface area (Å²) >= 11 is 1.22. The summed E-state index contributed by atoms with van der Waals surface area (Å²) in [4.78, 5) is 44.3. The number of nitrogens with one attached hydrogen (secondary N) is 2. The second-order valence-corrected chi connectivity index (χ2v) is 11.6. The van der Waals surface area contributed by atoms with Gasteiger partial charge in [-0.25, -0.2) is 0 Å². The summed E-state index contributed by atoms with van der Waals surface area (Å²) in [6, 6.07) is 15.3. The first-order chi connectivity index (χ1) is 19.7. The third-order valence-electron chi connectivity index (χ3n) is 8.10. The number of thiophene rings is 1. The molecule has 2 heterocycles. The number of nitrogens with two attached hydrogens (primary N) is 3. The lowest BCUT2D eigenvalue weighted by molar-refractivity contribution is -0.124. The van der Waals surface area contributed by atoms with E-state index in [0.29, 0.717) is 55.9 Å². The van der Waals surface area contributed by atoms with Gasteiger partial charge in [0.25, 0.3) is 5.91 Å². The number of nitrogen functional groups attached to an aromatic ring is 1. The van der Waals surface area contributed by atoms with Crippen molar-refractivity contribution in [2.24, 2.45) is 11.5 Å². The van der Waals surface area contributed by atoms with Crippen molar-refractivity contribution in [3.63, 3.8) is 0 Å². The Morgan fingerprint density at radius 1 is 1.07 bits per heavy atom. The molecule has 4 atom stereocenters. The van der Waals surface area contributed by atoms with Crippen LogP contribution in [0.5, 0.6) is 0 Å². The van der Waals surface area contributed by atoms with E-state index < -0.39 is 17.4 Å². The van der Waals surface area contributed by atoms with Crippen LogP contribution in [0.15, 0.2) is 73.4 Å². The van der Waals surface area contributed by atoms with E-state index in [1.54, 1.807) is 24.4 Å². The number of anilines is 1. The number of carbonyl (C=O) groups excluding carboxylic acids is 3. The molecule has 1 saturated carbocycles. The minimum absolute atomic E-state index is 0.0448. The maximum Gasteiger partial charge on any atom is 0.261 e. The van der Waals surface area contributed by atoms with Crippen molar-refractivity contribution in [2.45, 2.75) is 42.9 Å². The topological polar surface area (TPSA) is 166 Å². The molecule has 2 unspecified atom stereocenters. The van der Waals surface area contributed by atoms with Crippen molar-refractivity contribution >= 4 is 44.7 Å². The van der Waals surface area contributed by atoms with E-state index in [-0.39, 0.29) is 23.9 Å². The van der Waals surface area contributed by atoms with E-state index >= 15 is 0 Å². The van der Waals surface area contributed by atoms with Crippen molar-refractivity contribution in [3.05, 3.63) is 95.0 Å². The molecule has 8 N–H and O–H groups in total. The van der Waals surface area contributed by atoms with Gasteiger partial charge in [0.2, 0.25) is 5.91 Å².